The Morgan fingerprint density at radius 1 is 1.31 bits per heavy atom. The molecule has 3 rings (SSSR count). The molecule has 0 spiro atoms. The number of piperazine rings is 1. The number of methoxy groups -OCH3 is 1. The van der Waals surface area contributed by atoms with Crippen LogP contribution in [0.2, 0.25) is 0 Å². The minimum Gasteiger partial charge on any atom is -0.494 e. The summed E-state index contributed by atoms with van der Waals surface area (Å²) in [6, 6.07) is 6.43. The van der Waals surface area contributed by atoms with Gasteiger partial charge in [-0.25, -0.2) is 4.39 Å². The van der Waals surface area contributed by atoms with Gasteiger partial charge in [0.15, 0.2) is 17.1 Å². The molecule has 166 valence electrons. The van der Waals surface area contributed by atoms with Crippen LogP contribution < -0.4 is 15.4 Å². The summed E-state index contributed by atoms with van der Waals surface area (Å²) >= 11 is 0. The van der Waals surface area contributed by atoms with Gasteiger partial charge in [0.25, 0.3) is 11.8 Å². The maximum absolute atomic E-state index is 14.8. The van der Waals surface area contributed by atoms with Crippen LogP contribution in [0.5, 0.6) is 5.75 Å². The van der Waals surface area contributed by atoms with E-state index >= 15 is 0 Å². The fraction of sp³-hybridized carbons (Fsp3) is 0.304. The normalized spacial score (nSPS) is 17.5. The number of aryl methyl sites for hydroxylation is 2. The number of likely N-dealkylation sites (N-methyl/N-ethyl adjacent to an activating group) is 1. The minimum atomic E-state index is -1.72. The summed E-state index contributed by atoms with van der Waals surface area (Å²) in [5, 5.41) is 5.10. The first-order valence-corrected chi connectivity index (χ1v) is 9.81. The largest absolute Gasteiger partial charge is 0.494 e. The van der Waals surface area contributed by atoms with Gasteiger partial charge in [-0.15, -0.1) is 0 Å². The Hall–Kier alpha value is -3.93. The molecular weight excluding hydrogens is 415 g/mol. The second-order valence-corrected chi connectivity index (χ2v) is 7.46. The van der Waals surface area contributed by atoms with Gasteiger partial charge in [-0.1, -0.05) is 17.9 Å². The number of hydrogen-bond donors (Lipinski definition) is 2. The van der Waals surface area contributed by atoms with Gasteiger partial charge in [0.2, 0.25) is 5.91 Å². The fourth-order valence-corrected chi connectivity index (χ4v) is 3.37. The number of benzene rings is 1. The number of ether oxygens (including phenoxy) is 1. The van der Waals surface area contributed by atoms with Crippen LogP contribution in [0, 0.1) is 31.5 Å². The van der Waals surface area contributed by atoms with Crippen molar-refractivity contribution >= 4 is 17.7 Å². The quantitative estimate of drug-likeness (QED) is 0.693. The standard InChI is InChI=1S/C23H23FN4O4/c1-14-7-8-17(32-4)20(24)19(14)21(30)28(3)13-23(22(31)26-12-18(29)27-23)10-9-16-6-5-11-25-15(16)2/h5-8,11H,12-13H2,1-4H3,(H,26,31)(H,27,29)/t23-/m1/s1. The summed E-state index contributed by atoms with van der Waals surface area (Å²) < 4.78 is 19.8. The molecule has 0 bridgehead atoms. The third-order valence-electron chi connectivity index (χ3n) is 5.14. The van der Waals surface area contributed by atoms with Gasteiger partial charge in [-0.3, -0.25) is 19.4 Å². The van der Waals surface area contributed by atoms with Gasteiger partial charge in [0.05, 0.1) is 31.5 Å². The lowest BCUT2D eigenvalue weighted by Crippen LogP contribution is -2.69. The molecule has 8 nitrogen and oxygen atoms in total. The molecule has 3 amide bonds. The highest BCUT2D eigenvalue weighted by Crippen LogP contribution is 2.25. The molecule has 1 saturated heterocycles. The molecule has 1 aliphatic rings. The van der Waals surface area contributed by atoms with E-state index in [4.69, 9.17) is 4.74 Å². The van der Waals surface area contributed by atoms with E-state index in [0.717, 1.165) is 4.90 Å². The maximum Gasteiger partial charge on any atom is 0.260 e. The molecule has 0 unspecified atom stereocenters. The lowest BCUT2D eigenvalue weighted by atomic mass is 9.94. The number of nitrogens with one attached hydrogen (secondary N) is 2. The van der Waals surface area contributed by atoms with Gasteiger partial charge in [0, 0.05) is 18.8 Å². The van der Waals surface area contributed by atoms with Gasteiger partial charge < -0.3 is 20.3 Å². The van der Waals surface area contributed by atoms with E-state index < -0.39 is 29.1 Å². The van der Waals surface area contributed by atoms with Crippen LogP contribution in [0.4, 0.5) is 4.39 Å². The lowest BCUT2D eigenvalue weighted by molar-refractivity contribution is -0.136. The van der Waals surface area contributed by atoms with Crippen LogP contribution in [-0.4, -0.2) is 60.4 Å². The Morgan fingerprint density at radius 3 is 2.75 bits per heavy atom. The predicted molar refractivity (Wildman–Crippen MR) is 114 cm³/mol. The Morgan fingerprint density at radius 2 is 2.06 bits per heavy atom. The monoisotopic (exact) mass is 438 g/mol. The third-order valence-corrected chi connectivity index (χ3v) is 5.14. The summed E-state index contributed by atoms with van der Waals surface area (Å²) in [5.41, 5.74) is -0.269. The van der Waals surface area contributed by atoms with Gasteiger partial charge in [-0.2, -0.15) is 0 Å². The van der Waals surface area contributed by atoms with Crippen molar-refractivity contribution in [1.29, 1.82) is 0 Å². The molecule has 1 fully saturated rings. The Kier molecular flexibility index (Phi) is 6.44. The SMILES string of the molecule is COc1ccc(C)c(C(=O)N(C)C[C@@]2(C#Cc3cccnc3C)NC(=O)CNC2=O)c1F. The fourth-order valence-electron chi connectivity index (χ4n) is 3.37. The number of aromatic nitrogens is 1. The van der Waals surface area contributed by atoms with Crippen molar-refractivity contribution in [3.63, 3.8) is 0 Å². The van der Waals surface area contributed by atoms with Crippen molar-refractivity contribution in [2.24, 2.45) is 0 Å². The molecule has 1 aromatic heterocycles. The highest BCUT2D eigenvalue weighted by atomic mass is 19.1. The molecule has 2 aromatic rings. The Labute approximate surface area is 185 Å². The maximum atomic E-state index is 14.8. The zero-order valence-corrected chi connectivity index (χ0v) is 18.2. The number of carbonyl (C=O) groups is 3. The van der Waals surface area contributed by atoms with Crippen molar-refractivity contribution < 1.29 is 23.5 Å². The van der Waals surface area contributed by atoms with Crippen LogP contribution in [0.3, 0.4) is 0 Å². The lowest BCUT2D eigenvalue weighted by Gasteiger charge is -2.35. The number of hydrogen-bond acceptors (Lipinski definition) is 5. The van der Waals surface area contributed by atoms with Gasteiger partial charge in [-0.05, 0) is 37.6 Å². The van der Waals surface area contributed by atoms with Crippen LogP contribution in [0.15, 0.2) is 30.5 Å². The van der Waals surface area contributed by atoms with E-state index in [1.807, 2.05) is 0 Å². The average molecular weight is 438 g/mol. The highest BCUT2D eigenvalue weighted by Gasteiger charge is 2.44. The van der Waals surface area contributed by atoms with Crippen LogP contribution in [-0.2, 0) is 9.59 Å². The second-order valence-electron chi connectivity index (χ2n) is 7.46. The van der Waals surface area contributed by atoms with E-state index in [0.29, 0.717) is 16.8 Å². The number of carbonyl (C=O) groups excluding carboxylic acids is 3. The molecule has 1 atom stereocenters. The molecule has 1 aliphatic heterocycles. The van der Waals surface area contributed by atoms with Crippen LogP contribution in [0.25, 0.3) is 0 Å². The molecule has 9 heteroatoms. The first-order chi connectivity index (χ1) is 15.2. The van der Waals surface area contributed by atoms with Crippen LogP contribution >= 0.6 is 0 Å². The molecule has 2 N–H and O–H groups in total. The smallest absolute Gasteiger partial charge is 0.260 e. The number of amides is 3. The average Bonchev–Trinajstić information content (AvgIpc) is 2.76. The molecular formula is C23H23FN4O4. The summed E-state index contributed by atoms with van der Waals surface area (Å²) in [5.74, 6) is 3.13. The minimum absolute atomic E-state index is 0.0716. The van der Waals surface area contributed by atoms with Crippen molar-refractivity contribution in [1.82, 2.24) is 20.5 Å². The summed E-state index contributed by atoms with van der Waals surface area (Å²) in [6.07, 6.45) is 1.61. The summed E-state index contributed by atoms with van der Waals surface area (Å²) in [7, 11) is 2.71. The highest BCUT2D eigenvalue weighted by molar-refractivity contribution is 6.02. The number of halogens is 1. The molecule has 0 radical (unpaired) electrons. The molecule has 2 heterocycles. The van der Waals surface area contributed by atoms with Crippen LogP contribution in [0.1, 0.15) is 27.2 Å². The Bertz CT molecular complexity index is 1150. The summed E-state index contributed by atoms with van der Waals surface area (Å²) in [4.78, 5) is 43.4. The topological polar surface area (TPSA) is 101 Å². The predicted octanol–water partition coefficient (Wildman–Crippen LogP) is 0.955. The van der Waals surface area contributed by atoms with E-state index in [9.17, 15) is 18.8 Å². The number of nitrogens with zero attached hydrogens (tertiary/aromatic N) is 2. The molecule has 0 saturated carbocycles. The Balaban J connectivity index is 1.99. The van der Waals surface area contributed by atoms with Crippen molar-refractivity contribution in [3.8, 4) is 17.6 Å². The molecule has 0 aliphatic carbocycles. The molecule has 1 aromatic carbocycles. The number of pyridine rings is 1. The van der Waals surface area contributed by atoms with Crippen molar-refractivity contribution in [2.75, 3.05) is 27.2 Å². The first kappa shape index (κ1) is 22.7. The van der Waals surface area contributed by atoms with Crippen molar-refractivity contribution in [2.45, 2.75) is 19.4 Å². The summed E-state index contributed by atoms with van der Waals surface area (Å²) in [6.45, 7) is 2.86. The third kappa shape index (κ3) is 4.39. The number of rotatable bonds is 4. The van der Waals surface area contributed by atoms with E-state index in [1.165, 1.54) is 20.2 Å². The van der Waals surface area contributed by atoms with E-state index in [-0.39, 0.29) is 24.4 Å². The first-order valence-electron chi connectivity index (χ1n) is 9.81. The zero-order valence-electron chi connectivity index (χ0n) is 18.2. The van der Waals surface area contributed by atoms with Gasteiger partial charge in [0.1, 0.15) is 0 Å². The van der Waals surface area contributed by atoms with E-state index in [1.54, 1.807) is 38.2 Å². The zero-order chi connectivity index (χ0) is 23.5. The van der Waals surface area contributed by atoms with E-state index in [2.05, 4.69) is 27.5 Å². The van der Waals surface area contributed by atoms with Gasteiger partial charge >= 0.3 is 0 Å². The second kappa shape index (κ2) is 9.06. The van der Waals surface area contributed by atoms with Crippen molar-refractivity contribution in [3.05, 3.63) is 58.7 Å². The molecule has 32 heavy (non-hydrogen) atoms.